The Morgan fingerprint density at radius 2 is 1.64 bits per heavy atom. The Balaban J connectivity index is 3.70. The number of hydrogen-bond donors (Lipinski definition) is 5. The molecule has 0 fully saturated rings. The molecule has 68 valence electrons. The van der Waals surface area contributed by atoms with Gasteiger partial charge in [-0.15, -0.1) is 0 Å². The molecule has 0 saturated heterocycles. The Labute approximate surface area is 70.9 Å². The highest BCUT2D eigenvalue weighted by atomic mass is 32.1. The molecule has 4 N–H and O–H groups in total. The number of aliphatic hydroxyl groups excluding tert-OH is 4. The van der Waals surface area contributed by atoms with Crippen LogP contribution in [-0.4, -0.2) is 51.1 Å². The van der Waals surface area contributed by atoms with Gasteiger partial charge in [-0.25, -0.2) is 0 Å². The van der Waals surface area contributed by atoms with E-state index in [9.17, 15) is 0 Å². The third-order valence-corrected chi connectivity index (χ3v) is 1.77. The van der Waals surface area contributed by atoms with Crippen LogP contribution >= 0.6 is 12.6 Å². The minimum Gasteiger partial charge on any atom is -0.396 e. The van der Waals surface area contributed by atoms with E-state index in [0.717, 1.165) is 0 Å². The molecule has 4 nitrogen and oxygen atoms in total. The van der Waals surface area contributed by atoms with Gasteiger partial charge in [0.15, 0.2) is 0 Å². The van der Waals surface area contributed by atoms with Crippen LogP contribution < -0.4 is 0 Å². The van der Waals surface area contributed by atoms with E-state index in [1.54, 1.807) is 0 Å². The first-order valence-electron chi connectivity index (χ1n) is 3.39. The van der Waals surface area contributed by atoms with Crippen LogP contribution in [0.2, 0.25) is 0 Å². The highest BCUT2D eigenvalue weighted by Crippen LogP contribution is 2.04. The molecule has 0 bridgehead atoms. The topological polar surface area (TPSA) is 80.9 Å². The molecule has 0 aromatic rings. The molecule has 0 saturated carbocycles. The summed E-state index contributed by atoms with van der Waals surface area (Å²) in [5.41, 5.74) is 0. The maximum absolute atomic E-state index is 9.06. The Kier molecular flexibility index (Phi) is 5.89. The van der Waals surface area contributed by atoms with Crippen LogP contribution in [0, 0.1) is 0 Å². The second-order valence-corrected chi connectivity index (χ2v) is 2.69. The smallest absolute Gasteiger partial charge is 0.107 e. The summed E-state index contributed by atoms with van der Waals surface area (Å²) in [6, 6.07) is 0. The van der Waals surface area contributed by atoms with Crippen molar-refractivity contribution in [2.24, 2.45) is 0 Å². The zero-order valence-corrected chi connectivity index (χ0v) is 6.98. The summed E-state index contributed by atoms with van der Waals surface area (Å²) < 4.78 is 0. The molecular formula is C6H14O4S. The summed E-state index contributed by atoms with van der Waals surface area (Å²) >= 11 is 3.73. The summed E-state index contributed by atoms with van der Waals surface area (Å²) in [6.45, 7) is -0.211. The molecule has 0 aromatic heterocycles. The molecule has 0 aliphatic heterocycles. The maximum Gasteiger partial charge on any atom is 0.107 e. The van der Waals surface area contributed by atoms with Crippen LogP contribution in [0.4, 0.5) is 0 Å². The minimum absolute atomic E-state index is 0.0615. The van der Waals surface area contributed by atoms with Gasteiger partial charge in [0, 0.05) is 12.4 Å². The molecule has 5 heteroatoms. The lowest BCUT2D eigenvalue weighted by atomic mass is 10.1. The van der Waals surface area contributed by atoms with Gasteiger partial charge < -0.3 is 20.4 Å². The third kappa shape index (κ3) is 3.93. The fourth-order valence-electron chi connectivity index (χ4n) is 0.667. The van der Waals surface area contributed by atoms with Gasteiger partial charge in [0.2, 0.25) is 0 Å². The Morgan fingerprint density at radius 1 is 1.09 bits per heavy atom. The summed E-state index contributed by atoms with van der Waals surface area (Å²) in [7, 11) is 0. The maximum atomic E-state index is 9.06. The van der Waals surface area contributed by atoms with E-state index < -0.39 is 18.3 Å². The van der Waals surface area contributed by atoms with Crippen LogP contribution in [0.25, 0.3) is 0 Å². The number of rotatable bonds is 5. The van der Waals surface area contributed by atoms with Crippen LogP contribution in [0.1, 0.15) is 6.42 Å². The van der Waals surface area contributed by atoms with E-state index in [4.69, 9.17) is 20.4 Å². The summed E-state index contributed by atoms with van der Waals surface area (Å²) in [5, 5.41) is 35.4. The zero-order valence-electron chi connectivity index (χ0n) is 6.09. The highest BCUT2D eigenvalue weighted by Gasteiger charge is 2.22. The Hall–Kier alpha value is 0.190. The molecule has 0 rings (SSSR count). The Morgan fingerprint density at radius 3 is 2.00 bits per heavy atom. The molecular weight excluding hydrogens is 168 g/mol. The average Bonchev–Trinajstić information content (AvgIpc) is 2.02. The number of hydrogen-bond acceptors (Lipinski definition) is 5. The van der Waals surface area contributed by atoms with Crippen LogP contribution in [0.5, 0.6) is 0 Å². The standard InChI is InChI=1S/C6H14O4S/c7-2-1-4(8)6(10)5(9)3-11/h4-11H,1-3H2/t4-,5?,6+/m1/s1. The molecule has 3 atom stereocenters. The molecule has 0 aliphatic carbocycles. The first-order chi connectivity index (χ1) is 5.13. The molecule has 0 aromatic carbocycles. The van der Waals surface area contributed by atoms with Crippen molar-refractivity contribution in [2.75, 3.05) is 12.4 Å². The van der Waals surface area contributed by atoms with Gasteiger partial charge in [-0.3, -0.25) is 0 Å². The second-order valence-electron chi connectivity index (χ2n) is 2.32. The van der Waals surface area contributed by atoms with Crippen molar-refractivity contribution in [3.8, 4) is 0 Å². The Bertz CT molecular complexity index is 101. The predicted octanol–water partition coefficient (Wildman–Crippen LogP) is -1.62. The largest absolute Gasteiger partial charge is 0.396 e. The van der Waals surface area contributed by atoms with Gasteiger partial charge in [-0.05, 0) is 6.42 Å². The van der Waals surface area contributed by atoms with E-state index in [2.05, 4.69) is 12.6 Å². The van der Waals surface area contributed by atoms with Crippen LogP contribution in [0.3, 0.4) is 0 Å². The van der Waals surface area contributed by atoms with Gasteiger partial charge in [0.1, 0.15) is 6.10 Å². The average molecular weight is 182 g/mol. The van der Waals surface area contributed by atoms with Crippen molar-refractivity contribution in [1.29, 1.82) is 0 Å². The van der Waals surface area contributed by atoms with Crippen molar-refractivity contribution in [1.82, 2.24) is 0 Å². The third-order valence-electron chi connectivity index (χ3n) is 1.40. The van der Waals surface area contributed by atoms with Gasteiger partial charge in [0.25, 0.3) is 0 Å². The molecule has 0 spiro atoms. The fraction of sp³-hybridized carbons (Fsp3) is 1.00. The lowest BCUT2D eigenvalue weighted by molar-refractivity contribution is -0.0567. The number of aliphatic hydroxyl groups is 4. The SMILES string of the molecule is OCC[C@@H](O)[C@H](O)C(O)CS. The van der Waals surface area contributed by atoms with Crippen molar-refractivity contribution >= 4 is 12.6 Å². The van der Waals surface area contributed by atoms with Crippen LogP contribution in [0.15, 0.2) is 0 Å². The monoisotopic (exact) mass is 182 g/mol. The summed E-state index contributed by atoms with van der Waals surface area (Å²) in [6.07, 6.45) is -3.28. The van der Waals surface area contributed by atoms with Crippen molar-refractivity contribution in [2.45, 2.75) is 24.7 Å². The minimum atomic E-state index is -1.22. The molecule has 0 heterocycles. The molecule has 0 radical (unpaired) electrons. The van der Waals surface area contributed by atoms with E-state index >= 15 is 0 Å². The quantitative estimate of drug-likeness (QED) is 0.331. The van der Waals surface area contributed by atoms with Gasteiger partial charge in [-0.2, -0.15) is 12.6 Å². The van der Waals surface area contributed by atoms with E-state index in [1.165, 1.54) is 0 Å². The molecule has 11 heavy (non-hydrogen) atoms. The van der Waals surface area contributed by atoms with E-state index in [1.807, 2.05) is 0 Å². The van der Waals surface area contributed by atoms with Crippen molar-refractivity contribution in [3.63, 3.8) is 0 Å². The first kappa shape index (κ1) is 11.2. The summed E-state index contributed by atoms with van der Waals surface area (Å²) in [5.74, 6) is 0.0870. The fourth-order valence-corrected chi connectivity index (χ4v) is 0.883. The van der Waals surface area contributed by atoms with Gasteiger partial charge in [0.05, 0.1) is 12.2 Å². The molecule has 1 unspecified atom stereocenters. The van der Waals surface area contributed by atoms with E-state index in [0.29, 0.717) is 0 Å². The van der Waals surface area contributed by atoms with Crippen molar-refractivity contribution < 1.29 is 20.4 Å². The highest BCUT2D eigenvalue weighted by molar-refractivity contribution is 7.80. The number of thiol groups is 1. The molecule has 0 amide bonds. The lowest BCUT2D eigenvalue weighted by Crippen LogP contribution is -2.38. The molecule has 0 aliphatic rings. The van der Waals surface area contributed by atoms with Gasteiger partial charge in [-0.1, -0.05) is 0 Å². The van der Waals surface area contributed by atoms with Crippen molar-refractivity contribution in [3.05, 3.63) is 0 Å². The second kappa shape index (κ2) is 5.79. The first-order valence-corrected chi connectivity index (χ1v) is 4.02. The summed E-state index contributed by atoms with van der Waals surface area (Å²) in [4.78, 5) is 0. The van der Waals surface area contributed by atoms with Gasteiger partial charge >= 0.3 is 0 Å². The predicted molar refractivity (Wildman–Crippen MR) is 43.6 cm³/mol. The lowest BCUT2D eigenvalue weighted by Gasteiger charge is -2.20. The van der Waals surface area contributed by atoms with Crippen LogP contribution in [-0.2, 0) is 0 Å². The zero-order chi connectivity index (χ0) is 8.85. The van der Waals surface area contributed by atoms with E-state index in [-0.39, 0.29) is 18.8 Å². The normalized spacial score (nSPS) is 19.4.